The zero-order chi connectivity index (χ0) is 19.3. The second-order valence-corrected chi connectivity index (χ2v) is 7.73. The summed E-state index contributed by atoms with van der Waals surface area (Å²) in [5.74, 6) is 1.31. The highest BCUT2D eigenvalue weighted by Crippen LogP contribution is 2.35. The molecule has 2 aromatic carbocycles. The van der Waals surface area contributed by atoms with E-state index in [1.807, 2.05) is 18.2 Å². The molecule has 3 rings (SSSR count). The van der Waals surface area contributed by atoms with Crippen molar-refractivity contribution in [3.63, 3.8) is 0 Å². The molecule has 0 spiro atoms. The average molecular weight is 392 g/mol. The lowest BCUT2D eigenvalue weighted by molar-refractivity contribution is -0.123. The highest BCUT2D eigenvalue weighted by molar-refractivity contribution is 7.92. The molecule has 1 heterocycles. The molecule has 0 bridgehead atoms. The molecule has 0 saturated heterocycles. The highest BCUT2D eigenvalue weighted by Gasteiger charge is 2.21. The first kappa shape index (κ1) is 18.8. The second kappa shape index (κ2) is 8.17. The number of ether oxygens (including phenoxy) is 3. The number of anilines is 1. The van der Waals surface area contributed by atoms with Crippen LogP contribution in [0.15, 0.2) is 48.5 Å². The summed E-state index contributed by atoms with van der Waals surface area (Å²) in [7, 11) is -3.53. The van der Waals surface area contributed by atoms with Gasteiger partial charge in [0.1, 0.15) is 5.75 Å². The van der Waals surface area contributed by atoms with Crippen LogP contribution in [0.1, 0.15) is 0 Å². The number of para-hydroxylation sites is 1. The van der Waals surface area contributed by atoms with Crippen LogP contribution in [0.3, 0.4) is 0 Å². The number of benzene rings is 2. The highest BCUT2D eigenvalue weighted by atomic mass is 32.2. The fourth-order valence-corrected chi connectivity index (χ4v) is 3.46. The van der Waals surface area contributed by atoms with E-state index in [1.54, 1.807) is 30.3 Å². The number of carbonyl (C=O) groups excluding carboxylic acids is 1. The zero-order valence-electron chi connectivity index (χ0n) is 14.8. The average Bonchev–Trinajstić information content (AvgIpc) is 3.11. The molecule has 144 valence electrons. The van der Waals surface area contributed by atoms with Crippen molar-refractivity contribution in [2.45, 2.75) is 0 Å². The van der Waals surface area contributed by atoms with Gasteiger partial charge in [0, 0.05) is 12.6 Å². The van der Waals surface area contributed by atoms with Crippen LogP contribution in [0.5, 0.6) is 17.2 Å². The summed E-state index contributed by atoms with van der Waals surface area (Å²) in [4.78, 5) is 11.9. The molecule has 2 aromatic rings. The van der Waals surface area contributed by atoms with Crippen LogP contribution in [0.2, 0.25) is 0 Å². The quantitative estimate of drug-likeness (QED) is 0.729. The molecule has 1 amide bonds. The Labute approximate surface area is 157 Å². The molecule has 0 fully saturated rings. The van der Waals surface area contributed by atoms with Gasteiger partial charge in [-0.05, 0) is 24.3 Å². The van der Waals surface area contributed by atoms with Gasteiger partial charge in [0.15, 0.2) is 18.1 Å². The lowest BCUT2D eigenvalue weighted by Gasteiger charge is -2.22. The number of nitrogens with one attached hydrogen (secondary N) is 1. The van der Waals surface area contributed by atoms with Gasteiger partial charge in [-0.25, -0.2) is 8.42 Å². The second-order valence-electron chi connectivity index (χ2n) is 5.82. The molecule has 0 unspecified atom stereocenters. The Hall–Kier alpha value is -2.94. The Morgan fingerprint density at radius 2 is 1.89 bits per heavy atom. The smallest absolute Gasteiger partial charge is 0.258 e. The monoisotopic (exact) mass is 392 g/mol. The van der Waals surface area contributed by atoms with Crippen molar-refractivity contribution in [3.05, 3.63) is 48.5 Å². The largest absolute Gasteiger partial charge is 0.484 e. The van der Waals surface area contributed by atoms with E-state index >= 15 is 0 Å². The van der Waals surface area contributed by atoms with Crippen LogP contribution in [-0.4, -0.2) is 47.1 Å². The number of hydrogen-bond donors (Lipinski definition) is 1. The van der Waals surface area contributed by atoms with Gasteiger partial charge in [-0.15, -0.1) is 0 Å². The Kier molecular flexibility index (Phi) is 5.70. The van der Waals surface area contributed by atoms with Gasteiger partial charge < -0.3 is 19.5 Å². The zero-order valence-corrected chi connectivity index (χ0v) is 15.6. The third-order valence-electron chi connectivity index (χ3n) is 3.79. The van der Waals surface area contributed by atoms with E-state index in [0.717, 1.165) is 6.26 Å². The van der Waals surface area contributed by atoms with E-state index in [9.17, 15) is 13.2 Å². The Bertz CT molecular complexity index is 901. The van der Waals surface area contributed by atoms with Crippen molar-refractivity contribution < 1.29 is 27.4 Å². The Balaban J connectivity index is 1.55. The molecule has 0 aliphatic carbocycles. The molecule has 0 saturated carbocycles. The number of carbonyl (C=O) groups is 1. The van der Waals surface area contributed by atoms with Crippen molar-refractivity contribution in [2.75, 3.05) is 37.1 Å². The molecular weight excluding hydrogens is 372 g/mol. The summed E-state index contributed by atoms with van der Waals surface area (Å²) >= 11 is 0. The fourth-order valence-electron chi connectivity index (χ4n) is 2.54. The lowest BCUT2D eigenvalue weighted by Crippen LogP contribution is -2.39. The van der Waals surface area contributed by atoms with Gasteiger partial charge in [-0.3, -0.25) is 9.10 Å². The summed E-state index contributed by atoms with van der Waals surface area (Å²) in [6.45, 7) is 0.177. The third-order valence-corrected chi connectivity index (χ3v) is 4.99. The normalized spacial score (nSPS) is 12.5. The van der Waals surface area contributed by atoms with Gasteiger partial charge in [0.05, 0.1) is 18.5 Å². The van der Waals surface area contributed by atoms with E-state index in [1.165, 1.54) is 4.31 Å². The first-order valence-electron chi connectivity index (χ1n) is 8.25. The van der Waals surface area contributed by atoms with Gasteiger partial charge in [-0.2, -0.15) is 0 Å². The van der Waals surface area contributed by atoms with Crippen LogP contribution < -0.4 is 23.8 Å². The molecule has 27 heavy (non-hydrogen) atoms. The minimum atomic E-state index is -3.53. The molecular formula is C18H20N2O6S. The van der Waals surface area contributed by atoms with Gasteiger partial charge in [-0.1, -0.05) is 18.2 Å². The summed E-state index contributed by atoms with van der Waals surface area (Å²) in [6.07, 6.45) is 1.11. The van der Waals surface area contributed by atoms with E-state index in [0.29, 0.717) is 22.9 Å². The van der Waals surface area contributed by atoms with Crippen LogP contribution in [0.4, 0.5) is 5.69 Å². The first-order chi connectivity index (χ1) is 12.9. The summed E-state index contributed by atoms with van der Waals surface area (Å²) in [6, 6.07) is 13.9. The van der Waals surface area contributed by atoms with E-state index in [4.69, 9.17) is 14.2 Å². The van der Waals surface area contributed by atoms with Crippen LogP contribution in [0.25, 0.3) is 0 Å². The predicted octanol–water partition coefficient (Wildman–Crippen LogP) is 1.38. The Morgan fingerprint density at radius 3 is 2.63 bits per heavy atom. The maximum absolute atomic E-state index is 12.1. The van der Waals surface area contributed by atoms with Crippen LogP contribution >= 0.6 is 0 Å². The number of nitrogens with zero attached hydrogens (tertiary/aromatic N) is 1. The van der Waals surface area contributed by atoms with E-state index in [2.05, 4.69) is 5.32 Å². The maximum atomic E-state index is 12.1. The minimum Gasteiger partial charge on any atom is -0.484 e. The summed E-state index contributed by atoms with van der Waals surface area (Å²) in [5.41, 5.74) is 0.441. The maximum Gasteiger partial charge on any atom is 0.258 e. The number of hydrogen-bond acceptors (Lipinski definition) is 6. The summed E-state index contributed by atoms with van der Waals surface area (Å²) < 4.78 is 41.3. The number of rotatable bonds is 8. The van der Waals surface area contributed by atoms with Crippen molar-refractivity contribution in [2.24, 2.45) is 0 Å². The van der Waals surface area contributed by atoms with Crippen molar-refractivity contribution in [1.29, 1.82) is 0 Å². The minimum absolute atomic E-state index is 0.0789. The third kappa shape index (κ3) is 5.04. The SMILES string of the molecule is CS(=O)(=O)N(CCNC(=O)COc1ccccc1)c1ccc2c(c1)OCO2. The molecule has 1 aliphatic rings. The fraction of sp³-hybridized carbons (Fsp3) is 0.278. The van der Waals surface area contributed by atoms with Crippen molar-refractivity contribution in [3.8, 4) is 17.2 Å². The first-order valence-corrected chi connectivity index (χ1v) is 10.1. The molecule has 0 aromatic heterocycles. The molecule has 9 heteroatoms. The van der Waals surface area contributed by atoms with E-state index < -0.39 is 10.0 Å². The molecule has 0 atom stereocenters. The van der Waals surface area contributed by atoms with Crippen LogP contribution in [-0.2, 0) is 14.8 Å². The molecule has 1 N–H and O–H groups in total. The topological polar surface area (TPSA) is 94.2 Å². The van der Waals surface area contributed by atoms with Crippen molar-refractivity contribution in [1.82, 2.24) is 5.32 Å². The molecule has 0 radical (unpaired) electrons. The predicted molar refractivity (Wildman–Crippen MR) is 99.7 cm³/mol. The van der Waals surface area contributed by atoms with Crippen molar-refractivity contribution >= 4 is 21.6 Å². The van der Waals surface area contributed by atoms with Crippen LogP contribution in [0, 0.1) is 0 Å². The molecule has 1 aliphatic heterocycles. The number of sulfonamides is 1. The van der Waals surface area contributed by atoms with Gasteiger partial charge >= 0.3 is 0 Å². The Morgan fingerprint density at radius 1 is 1.15 bits per heavy atom. The van der Waals surface area contributed by atoms with E-state index in [-0.39, 0.29) is 32.4 Å². The lowest BCUT2D eigenvalue weighted by atomic mass is 10.3. The standard InChI is InChI=1S/C18H20N2O6S/c1-27(22,23)20(14-7-8-16-17(11-14)26-13-25-16)10-9-19-18(21)12-24-15-5-3-2-4-6-15/h2-8,11H,9-10,12-13H2,1H3,(H,19,21). The summed E-state index contributed by atoms with van der Waals surface area (Å²) in [5, 5.41) is 2.65. The van der Waals surface area contributed by atoms with Gasteiger partial charge in [0.2, 0.25) is 16.8 Å². The molecule has 8 nitrogen and oxygen atoms in total. The number of amides is 1. The van der Waals surface area contributed by atoms with Gasteiger partial charge in [0.25, 0.3) is 5.91 Å². The number of fused-ring (bicyclic) bond motifs is 1.